The molecule has 0 N–H and O–H groups in total. The third-order valence-corrected chi connectivity index (χ3v) is 2.43. The standard InChI is InChI=1S/C11H21NO3/c1-3-4-5-6-7-8-9-10(12-14)11(13)15-2/h10H,3-9H2,1-2H3. The second-order valence-corrected chi connectivity index (χ2v) is 3.70. The van der Waals surface area contributed by atoms with Gasteiger partial charge in [-0.2, -0.15) is 0 Å². The van der Waals surface area contributed by atoms with Gasteiger partial charge in [-0.25, -0.2) is 4.79 Å². The maximum Gasteiger partial charge on any atom is 0.334 e. The molecule has 0 amide bonds. The molecule has 0 heterocycles. The molecular formula is C11H21NO3. The summed E-state index contributed by atoms with van der Waals surface area (Å²) in [5.41, 5.74) is 0. The van der Waals surface area contributed by atoms with Gasteiger partial charge in [0.1, 0.15) is 0 Å². The van der Waals surface area contributed by atoms with Crippen molar-refractivity contribution in [2.75, 3.05) is 7.11 Å². The molecule has 0 aliphatic heterocycles. The van der Waals surface area contributed by atoms with E-state index < -0.39 is 12.0 Å². The van der Waals surface area contributed by atoms with Crippen molar-refractivity contribution in [3.05, 3.63) is 4.91 Å². The maximum absolute atomic E-state index is 11.0. The molecule has 15 heavy (non-hydrogen) atoms. The van der Waals surface area contributed by atoms with Crippen molar-refractivity contribution in [3.8, 4) is 0 Å². The summed E-state index contributed by atoms with van der Waals surface area (Å²) in [5, 5.41) is 2.77. The molecule has 0 fully saturated rings. The summed E-state index contributed by atoms with van der Waals surface area (Å²) in [6.07, 6.45) is 7.32. The van der Waals surface area contributed by atoms with E-state index >= 15 is 0 Å². The van der Waals surface area contributed by atoms with Crippen LogP contribution >= 0.6 is 0 Å². The van der Waals surface area contributed by atoms with E-state index in [4.69, 9.17) is 0 Å². The zero-order valence-electron chi connectivity index (χ0n) is 9.70. The van der Waals surface area contributed by atoms with Crippen molar-refractivity contribution in [3.63, 3.8) is 0 Å². The molecule has 0 aliphatic carbocycles. The molecule has 1 atom stereocenters. The van der Waals surface area contributed by atoms with E-state index in [9.17, 15) is 9.70 Å². The Hall–Kier alpha value is -0.930. The largest absolute Gasteiger partial charge is 0.467 e. The van der Waals surface area contributed by atoms with Crippen LogP contribution in [0.3, 0.4) is 0 Å². The van der Waals surface area contributed by atoms with Gasteiger partial charge in [0, 0.05) is 0 Å². The van der Waals surface area contributed by atoms with Gasteiger partial charge in [0.25, 0.3) is 0 Å². The highest BCUT2D eigenvalue weighted by molar-refractivity contribution is 5.75. The summed E-state index contributed by atoms with van der Waals surface area (Å²) in [6, 6.07) is -0.804. The first-order valence-corrected chi connectivity index (χ1v) is 5.66. The molecule has 0 saturated heterocycles. The lowest BCUT2D eigenvalue weighted by Crippen LogP contribution is -2.19. The number of nitrogens with zero attached hydrogens (tertiary/aromatic N) is 1. The Balaban J connectivity index is 3.47. The van der Waals surface area contributed by atoms with Crippen molar-refractivity contribution in [2.45, 2.75) is 57.9 Å². The average Bonchev–Trinajstić information content (AvgIpc) is 2.27. The van der Waals surface area contributed by atoms with E-state index in [0.717, 1.165) is 12.8 Å². The predicted molar refractivity (Wildman–Crippen MR) is 59.6 cm³/mol. The molecule has 4 heteroatoms. The van der Waals surface area contributed by atoms with Gasteiger partial charge in [-0.3, -0.25) is 0 Å². The molecule has 1 unspecified atom stereocenters. The van der Waals surface area contributed by atoms with Gasteiger partial charge in [-0.1, -0.05) is 50.6 Å². The molecule has 0 aromatic rings. The van der Waals surface area contributed by atoms with Crippen molar-refractivity contribution < 1.29 is 9.53 Å². The lowest BCUT2D eigenvalue weighted by Gasteiger charge is -2.06. The predicted octanol–water partition coefficient (Wildman–Crippen LogP) is 3.05. The van der Waals surface area contributed by atoms with Crippen LogP contribution in [0.1, 0.15) is 51.9 Å². The van der Waals surface area contributed by atoms with Crippen LogP contribution in [0.5, 0.6) is 0 Å². The topological polar surface area (TPSA) is 55.7 Å². The minimum Gasteiger partial charge on any atom is -0.467 e. The lowest BCUT2D eigenvalue weighted by atomic mass is 10.1. The first-order valence-electron chi connectivity index (χ1n) is 5.66. The molecule has 0 spiro atoms. The molecule has 0 aliphatic rings. The van der Waals surface area contributed by atoms with Crippen molar-refractivity contribution >= 4 is 5.97 Å². The number of hydrogen-bond acceptors (Lipinski definition) is 4. The van der Waals surface area contributed by atoms with Gasteiger partial charge in [0.15, 0.2) is 6.04 Å². The van der Waals surface area contributed by atoms with E-state index in [-0.39, 0.29) is 0 Å². The minimum absolute atomic E-state index is 0.515. The number of unbranched alkanes of at least 4 members (excludes halogenated alkanes) is 5. The van der Waals surface area contributed by atoms with Gasteiger partial charge >= 0.3 is 5.97 Å². The van der Waals surface area contributed by atoms with Crippen LogP contribution < -0.4 is 0 Å². The second kappa shape index (κ2) is 9.62. The van der Waals surface area contributed by atoms with E-state index in [1.807, 2.05) is 0 Å². The zero-order chi connectivity index (χ0) is 11.5. The summed E-state index contributed by atoms with van der Waals surface area (Å²) < 4.78 is 4.47. The van der Waals surface area contributed by atoms with Crippen LogP contribution in [-0.2, 0) is 9.53 Å². The Bertz CT molecular complexity index is 183. The number of carbonyl (C=O) groups excluding carboxylic acids is 1. The maximum atomic E-state index is 11.0. The summed E-state index contributed by atoms with van der Waals surface area (Å²) >= 11 is 0. The Labute approximate surface area is 91.4 Å². The first-order chi connectivity index (χ1) is 7.26. The Morgan fingerprint density at radius 1 is 1.20 bits per heavy atom. The van der Waals surface area contributed by atoms with Crippen molar-refractivity contribution in [1.82, 2.24) is 0 Å². The van der Waals surface area contributed by atoms with E-state index in [2.05, 4.69) is 16.8 Å². The molecule has 0 bridgehead atoms. The third kappa shape index (κ3) is 7.05. The normalized spacial score (nSPS) is 12.1. The van der Waals surface area contributed by atoms with Crippen molar-refractivity contribution in [2.24, 2.45) is 5.18 Å². The van der Waals surface area contributed by atoms with Gasteiger partial charge in [0.2, 0.25) is 0 Å². The highest BCUT2D eigenvalue weighted by Gasteiger charge is 2.18. The lowest BCUT2D eigenvalue weighted by molar-refractivity contribution is -0.142. The van der Waals surface area contributed by atoms with Crippen LogP contribution in [0.4, 0.5) is 0 Å². The zero-order valence-corrected chi connectivity index (χ0v) is 9.70. The SMILES string of the molecule is CCCCCCCCC(N=O)C(=O)OC. The van der Waals surface area contributed by atoms with Gasteiger partial charge in [0.05, 0.1) is 7.11 Å². The molecular weight excluding hydrogens is 194 g/mol. The third-order valence-electron chi connectivity index (χ3n) is 2.43. The fourth-order valence-electron chi connectivity index (χ4n) is 1.47. The highest BCUT2D eigenvalue weighted by Crippen LogP contribution is 2.11. The number of hydrogen-bond donors (Lipinski definition) is 0. The molecule has 0 rings (SSSR count). The summed E-state index contributed by atoms with van der Waals surface area (Å²) in [6.45, 7) is 2.17. The van der Waals surface area contributed by atoms with Gasteiger partial charge in [-0.05, 0) is 6.42 Å². The second-order valence-electron chi connectivity index (χ2n) is 3.70. The average molecular weight is 215 g/mol. The van der Waals surface area contributed by atoms with Gasteiger partial charge in [-0.15, -0.1) is 4.91 Å². The highest BCUT2D eigenvalue weighted by atomic mass is 16.5. The van der Waals surface area contributed by atoms with Crippen LogP contribution in [0, 0.1) is 4.91 Å². The first kappa shape index (κ1) is 14.1. The number of rotatable bonds is 9. The molecule has 0 saturated carbocycles. The summed E-state index contributed by atoms with van der Waals surface area (Å²) in [4.78, 5) is 21.3. The van der Waals surface area contributed by atoms with Crippen LogP contribution in [-0.4, -0.2) is 19.1 Å². The molecule has 0 aromatic carbocycles. The Kier molecular flexibility index (Phi) is 9.02. The van der Waals surface area contributed by atoms with Crippen LogP contribution in [0.25, 0.3) is 0 Å². The monoisotopic (exact) mass is 215 g/mol. The summed E-state index contributed by atoms with van der Waals surface area (Å²) in [5.74, 6) is -0.515. The van der Waals surface area contributed by atoms with Crippen LogP contribution in [0.2, 0.25) is 0 Å². The summed E-state index contributed by atoms with van der Waals surface area (Å²) in [7, 11) is 1.28. The van der Waals surface area contributed by atoms with E-state index in [0.29, 0.717) is 6.42 Å². The molecule has 4 nitrogen and oxygen atoms in total. The molecule has 0 radical (unpaired) electrons. The minimum atomic E-state index is -0.804. The smallest absolute Gasteiger partial charge is 0.334 e. The number of ether oxygens (including phenoxy) is 1. The van der Waals surface area contributed by atoms with E-state index in [1.54, 1.807) is 0 Å². The number of nitroso groups, excluding NO2 is 1. The Morgan fingerprint density at radius 2 is 1.80 bits per heavy atom. The van der Waals surface area contributed by atoms with Gasteiger partial charge < -0.3 is 4.74 Å². The quantitative estimate of drug-likeness (QED) is 0.337. The number of carbonyl (C=O) groups is 1. The van der Waals surface area contributed by atoms with Crippen molar-refractivity contribution in [1.29, 1.82) is 0 Å². The fourth-order valence-corrected chi connectivity index (χ4v) is 1.47. The number of methoxy groups -OCH3 is 1. The van der Waals surface area contributed by atoms with Crippen LogP contribution in [0.15, 0.2) is 5.18 Å². The molecule has 88 valence electrons. The fraction of sp³-hybridized carbons (Fsp3) is 0.909. The Morgan fingerprint density at radius 3 is 2.33 bits per heavy atom. The molecule has 0 aromatic heterocycles. The van der Waals surface area contributed by atoms with E-state index in [1.165, 1.54) is 32.8 Å². The number of esters is 1.